The fourth-order valence-electron chi connectivity index (χ4n) is 1.11. The summed E-state index contributed by atoms with van der Waals surface area (Å²) in [4.78, 5) is 22.5. The molecule has 0 aliphatic rings. The van der Waals surface area contributed by atoms with Crippen LogP contribution in [-0.2, 0) is 9.59 Å². The van der Waals surface area contributed by atoms with Gasteiger partial charge < -0.3 is 10.6 Å². The van der Waals surface area contributed by atoms with Gasteiger partial charge >= 0.3 is 0 Å². The van der Waals surface area contributed by atoms with E-state index >= 15 is 0 Å². The third-order valence-corrected chi connectivity index (χ3v) is 2.09. The molecule has 0 saturated heterocycles. The Hall–Kier alpha value is -1.06. The largest absolute Gasteiger partial charge is 0.356 e. The van der Waals surface area contributed by atoms with Gasteiger partial charge in [0, 0.05) is 24.9 Å². The molecule has 0 aromatic heterocycles. The maximum Gasteiger partial charge on any atom is 0.222 e. The van der Waals surface area contributed by atoms with Crippen LogP contribution in [0.5, 0.6) is 0 Å². The van der Waals surface area contributed by atoms with Gasteiger partial charge in [-0.3, -0.25) is 9.59 Å². The van der Waals surface area contributed by atoms with E-state index in [0.29, 0.717) is 19.4 Å². The van der Waals surface area contributed by atoms with E-state index in [2.05, 4.69) is 10.6 Å². The van der Waals surface area contributed by atoms with E-state index in [4.69, 9.17) is 0 Å². The molecule has 0 aromatic carbocycles. The summed E-state index contributed by atoms with van der Waals surface area (Å²) in [6, 6.07) is 0.0579. The van der Waals surface area contributed by atoms with Crippen molar-refractivity contribution in [3.8, 4) is 0 Å². The van der Waals surface area contributed by atoms with Crippen LogP contribution in [0.1, 0.15) is 40.5 Å². The van der Waals surface area contributed by atoms with E-state index in [0.717, 1.165) is 0 Å². The fraction of sp³-hybridized carbons (Fsp3) is 0.818. The van der Waals surface area contributed by atoms with E-state index in [1.54, 1.807) is 0 Å². The predicted octanol–water partition coefficient (Wildman–Crippen LogP) is 1.06. The number of nitrogens with one attached hydrogen (secondary N) is 2. The summed E-state index contributed by atoms with van der Waals surface area (Å²) < 4.78 is 0. The highest BCUT2D eigenvalue weighted by atomic mass is 16.2. The minimum Gasteiger partial charge on any atom is -0.356 e. The number of amides is 2. The van der Waals surface area contributed by atoms with Gasteiger partial charge in [-0.05, 0) is 20.3 Å². The van der Waals surface area contributed by atoms with Crippen LogP contribution >= 0.6 is 0 Å². The lowest BCUT2D eigenvalue weighted by atomic mass is 10.1. The van der Waals surface area contributed by atoms with Crippen molar-refractivity contribution in [1.29, 1.82) is 0 Å². The Morgan fingerprint density at radius 2 is 1.80 bits per heavy atom. The molecular weight excluding hydrogens is 192 g/mol. The zero-order chi connectivity index (χ0) is 11.8. The normalized spacial score (nSPS) is 12.3. The Labute approximate surface area is 91.8 Å². The first kappa shape index (κ1) is 13.9. The van der Waals surface area contributed by atoms with Gasteiger partial charge in [-0.2, -0.15) is 0 Å². The van der Waals surface area contributed by atoms with E-state index in [1.807, 2.05) is 27.7 Å². The molecule has 0 fully saturated rings. The SMILES string of the molecule is CCNC(=O)CCC(C)NC(=O)C(C)C. The number of hydrogen-bond acceptors (Lipinski definition) is 2. The van der Waals surface area contributed by atoms with Gasteiger partial charge in [-0.15, -0.1) is 0 Å². The summed E-state index contributed by atoms with van der Waals surface area (Å²) in [5.41, 5.74) is 0. The Balaban J connectivity index is 3.70. The van der Waals surface area contributed by atoms with Crippen molar-refractivity contribution in [2.75, 3.05) is 6.54 Å². The molecule has 0 aliphatic heterocycles. The van der Waals surface area contributed by atoms with E-state index in [-0.39, 0.29) is 23.8 Å². The highest BCUT2D eigenvalue weighted by Crippen LogP contribution is 1.99. The van der Waals surface area contributed by atoms with Crippen molar-refractivity contribution in [2.45, 2.75) is 46.6 Å². The zero-order valence-corrected chi connectivity index (χ0v) is 10.1. The lowest BCUT2D eigenvalue weighted by Gasteiger charge is -2.15. The molecule has 1 atom stereocenters. The van der Waals surface area contributed by atoms with Gasteiger partial charge in [0.2, 0.25) is 11.8 Å². The smallest absolute Gasteiger partial charge is 0.222 e. The maximum atomic E-state index is 11.3. The quantitative estimate of drug-likeness (QED) is 0.694. The van der Waals surface area contributed by atoms with Crippen molar-refractivity contribution < 1.29 is 9.59 Å². The number of rotatable bonds is 6. The summed E-state index contributed by atoms with van der Waals surface area (Å²) >= 11 is 0. The highest BCUT2D eigenvalue weighted by molar-refractivity contribution is 5.78. The summed E-state index contributed by atoms with van der Waals surface area (Å²) in [5, 5.41) is 5.58. The minimum absolute atomic E-state index is 0.00285. The average molecular weight is 214 g/mol. The van der Waals surface area contributed by atoms with Crippen LogP contribution in [-0.4, -0.2) is 24.4 Å². The first-order valence-electron chi connectivity index (χ1n) is 5.54. The molecule has 0 radical (unpaired) electrons. The van der Waals surface area contributed by atoms with Crippen LogP contribution in [0.2, 0.25) is 0 Å². The van der Waals surface area contributed by atoms with E-state index in [1.165, 1.54) is 0 Å². The minimum atomic E-state index is -0.00285. The molecule has 0 heterocycles. The number of carbonyl (C=O) groups excluding carboxylic acids is 2. The molecule has 1 unspecified atom stereocenters. The van der Waals surface area contributed by atoms with Crippen LogP contribution < -0.4 is 10.6 Å². The topological polar surface area (TPSA) is 58.2 Å². The molecular formula is C11H22N2O2. The molecule has 2 amide bonds. The molecule has 15 heavy (non-hydrogen) atoms. The molecule has 0 aromatic rings. The second-order valence-electron chi connectivity index (χ2n) is 4.06. The Bertz CT molecular complexity index is 215. The van der Waals surface area contributed by atoms with Gasteiger partial charge in [0.25, 0.3) is 0 Å². The highest BCUT2D eigenvalue weighted by Gasteiger charge is 2.11. The van der Waals surface area contributed by atoms with Crippen LogP contribution in [0.15, 0.2) is 0 Å². The van der Waals surface area contributed by atoms with Gasteiger partial charge in [-0.25, -0.2) is 0 Å². The van der Waals surface area contributed by atoms with Gasteiger partial charge in [-0.1, -0.05) is 13.8 Å². The van der Waals surface area contributed by atoms with Crippen molar-refractivity contribution in [1.82, 2.24) is 10.6 Å². The van der Waals surface area contributed by atoms with Crippen LogP contribution in [0.4, 0.5) is 0 Å². The Kier molecular flexibility index (Phi) is 6.75. The Morgan fingerprint density at radius 3 is 2.27 bits per heavy atom. The summed E-state index contributed by atoms with van der Waals surface area (Å²) in [7, 11) is 0. The van der Waals surface area contributed by atoms with E-state index in [9.17, 15) is 9.59 Å². The van der Waals surface area contributed by atoms with Crippen molar-refractivity contribution in [3.63, 3.8) is 0 Å². The fourth-order valence-corrected chi connectivity index (χ4v) is 1.11. The third kappa shape index (κ3) is 6.94. The van der Waals surface area contributed by atoms with Gasteiger partial charge in [0.05, 0.1) is 0 Å². The molecule has 0 saturated carbocycles. The molecule has 0 bridgehead atoms. The first-order chi connectivity index (χ1) is 6.97. The van der Waals surface area contributed by atoms with Crippen LogP contribution in [0.3, 0.4) is 0 Å². The molecule has 2 N–H and O–H groups in total. The second kappa shape index (κ2) is 7.26. The lowest BCUT2D eigenvalue weighted by Crippen LogP contribution is -2.36. The maximum absolute atomic E-state index is 11.3. The van der Waals surface area contributed by atoms with Crippen molar-refractivity contribution in [3.05, 3.63) is 0 Å². The standard InChI is InChI=1S/C11H22N2O2/c1-5-12-10(14)7-6-9(4)13-11(15)8(2)3/h8-9H,5-7H2,1-4H3,(H,12,14)(H,13,15). The molecule has 88 valence electrons. The van der Waals surface area contributed by atoms with Crippen molar-refractivity contribution in [2.24, 2.45) is 5.92 Å². The molecule has 0 aliphatic carbocycles. The summed E-state index contributed by atoms with van der Waals surface area (Å²) in [6.07, 6.45) is 1.15. The van der Waals surface area contributed by atoms with Crippen molar-refractivity contribution >= 4 is 11.8 Å². The molecule has 0 spiro atoms. The molecule has 0 rings (SSSR count). The summed E-state index contributed by atoms with van der Waals surface area (Å²) in [5.74, 6) is 0.0819. The van der Waals surface area contributed by atoms with Gasteiger partial charge in [0.1, 0.15) is 0 Å². The summed E-state index contributed by atoms with van der Waals surface area (Å²) in [6.45, 7) is 8.17. The Morgan fingerprint density at radius 1 is 1.20 bits per heavy atom. The molecule has 4 nitrogen and oxygen atoms in total. The van der Waals surface area contributed by atoms with Crippen LogP contribution in [0.25, 0.3) is 0 Å². The number of carbonyl (C=O) groups is 2. The molecule has 4 heteroatoms. The van der Waals surface area contributed by atoms with E-state index < -0.39 is 0 Å². The van der Waals surface area contributed by atoms with Gasteiger partial charge in [0.15, 0.2) is 0 Å². The first-order valence-corrected chi connectivity index (χ1v) is 5.54. The lowest BCUT2D eigenvalue weighted by molar-refractivity contribution is -0.125. The number of hydrogen-bond donors (Lipinski definition) is 2. The van der Waals surface area contributed by atoms with Crippen LogP contribution in [0, 0.1) is 5.92 Å². The third-order valence-electron chi connectivity index (χ3n) is 2.09. The predicted molar refractivity (Wildman–Crippen MR) is 60.4 cm³/mol. The zero-order valence-electron chi connectivity index (χ0n) is 10.1. The monoisotopic (exact) mass is 214 g/mol. The average Bonchev–Trinajstić information content (AvgIpc) is 2.15. The second-order valence-corrected chi connectivity index (χ2v) is 4.06.